The number of amidine groups is 1. The quantitative estimate of drug-likeness (QED) is 0.418. The molecular formula is C15H14BrN4O+. The van der Waals surface area contributed by atoms with Gasteiger partial charge >= 0.3 is 0 Å². The van der Waals surface area contributed by atoms with Gasteiger partial charge in [0.25, 0.3) is 5.84 Å². The van der Waals surface area contributed by atoms with E-state index < -0.39 is 0 Å². The van der Waals surface area contributed by atoms with E-state index in [4.69, 9.17) is 11.1 Å². The minimum Gasteiger partial charge on any atom is -0.506 e. The summed E-state index contributed by atoms with van der Waals surface area (Å²) in [6, 6.07) is 9.22. The second-order valence-electron chi connectivity index (χ2n) is 4.92. The van der Waals surface area contributed by atoms with Gasteiger partial charge in [0.15, 0.2) is 0 Å². The molecule has 0 aliphatic carbocycles. The Hall–Kier alpha value is -2.34. The average molecular weight is 346 g/mol. The van der Waals surface area contributed by atoms with Crippen LogP contribution in [0.15, 0.2) is 34.8 Å². The number of benzene rings is 2. The molecule has 0 aliphatic heterocycles. The maximum absolute atomic E-state index is 10.2. The number of phenolic OH excluding ortho intramolecular Hbond substituents is 1. The van der Waals surface area contributed by atoms with E-state index in [1.54, 1.807) is 0 Å². The molecule has 0 aliphatic rings. The van der Waals surface area contributed by atoms with E-state index in [1.807, 2.05) is 37.3 Å². The molecule has 1 aromatic heterocycles. The Bertz CT molecular complexity index is 869. The van der Waals surface area contributed by atoms with Crippen LogP contribution in [0, 0.1) is 6.92 Å². The Labute approximate surface area is 129 Å². The molecule has 5 nitrogen and oxygen atoms in total. The third-order valence-corrected chi connectivity index (χ3v) is 3.88. The van der Waals surface area contributed by atoms with E-state index in [0.717, 1.165) is 22.2 Å². The maximum Gasteiger partial charge on any atom is 0.270 e. The van der Waals surface area contributed by atoms with E-state index in [1.165, 1.54) is 0 Å². The standard InChI is InChI=1S/C15H13BrN4O/c1-7-4-9(13(21)10(16)5-7)15-19-11-3-2-8(14(17)18)6-12(11)20-15/h2-6,21H,1H3,(H3,17,18)(H,19,20)/p+1. The van der Waals surface area contributed by atoms with Crippen molar-refractivity contribution in [3.05, 3.63) is 45.9 Å². The highest BCUT2D eigenvalue weighted by molar-refractivity contribution is 9.10. The third kappa shape index (κ3) is 2.38. The molecule has 3 aromatic rings. The highest BCUT2D eigenvalue weighted by atomic mass is 79.9. The molecule has 0 saturated heterocycles. The number of fused-ring (bicyclic) bond motifs is 1. The summed E-state index contributed by atoms with van der Waals surface area (Å²) in [7, 11) is 0. The van der Waals surface area contributed by atoms with Crippen molar-refractivity contribution < 1.29 is 10.5 Å². The number of hydrogen-bond donors (Lipinski definition) is 4. The zero-order valence-corrected chi connectivity index (χ0v) is 12.9. The summed E-state index contributed by atoms with van der Waals surface area (Å²) in [5.41, 5.74) is 9.61. The van der Waals surface area contributed by atoms with Gasteiger partial charge in [-0.1, -0.05) is 0 Å². The average Bonchev–Trinajstić information content (AvgIpc) is 2.85. The van der Waals surface area contributed by atoms with Crippen molar-refractivity contribution in [1.29, 1.82) is 0 Å². The highest BCUT2D eigenvalue weighted by Gasteiger charge is 2.14. The van der Waals surface area contributed by atoms with Crippen LogP contribution in [0.1, 0.15) is 11.1 Å². The molecular weight excluding hydrogens is 332 g/mol. The monoisotopic (exact) mass is 345 g/mol. The Morgan fingerprint density at radius 1 is 1.33 bits per heavy atom. The van der Waals surface area contributed by atoms with Crippen molar-refractivity contribution >= 4 is 32.8 Å². The number of nitrogens with zero attached hydrogens (tertiary/aromatic N) is 1. The summed E-state index contributed by atoms with van der Waals surface area (Å²) >= 11 is 3.34. The first-order chi connectivity index (χ1) is 9.95. The molecule has 0 bridgehead atoms. The molecule has 0 saturated carbocycles. The number of rotatable bonds is 2. The van der Waals surface area contributed by atoms with Crippen LogP contribution in [-0.2, 0) is 0 Å². The maximum atomic E-state index is 10.2. The number of phenols is 1. The molecule has 6 N–H and O–H groups in total. The molecule has 0 radical (unpaired) electrons. The molecule has 3 rings (SSSR count). The zero-order valence-electron chi connectivity index (χ0n) is 11.3. The van der Waals surface area contributed by atoms with Gasteiger partial charge in [0.2, 0.25) is 0 Å². The third-order valence-electron chi connectivity index (χ3n) is 3.28. The number of aryl methyl sites for hydroxylation is 1. The molecule has 0 spiro atoms. The van der Waals surface area contributed by atoms with E-state index in [9.17, 15) is 5.11 Å². The summed E-state index contributed by atoms with van der Waals surface area (Å²) in [5, 5.41) is 15.8. The van der Waals surface area contributed by atoms with Crippen LogP contribution in [0.25, 0.3) is 22.4 Å². The molecule has 0 amide bonds. The molecule has 6 heteroatoms. The number of aromatic hydroxyl groups is 1. The number of H-pyrrole nitrogens is 1. The molecule has 0 fully saturated rings. The van der Waals surface area contributed by atoms with Gasteiger partial charge in [-0.05, 0) is 58.7 Å². The van der Waals surface area contributed by atoms with Crippen LogP contribution in [-0.4, -0.2) is 20.9 Å². The first kappa shape index (κ1) is 13.6. The van der Waals surface area contributed by atoms with E-state index in [0.29, 0.717) is 15.9 Å². The molecule has 21 heavy (non-hydrogen) atoms. The second-order valence-corrected chi connectivity index (χ2v) is 5.77. The minimum absolute atomic E-state index is 0.157. The fourth-order valence-electron chi connectivity index (χ4n) is 2.23. The summed E-state index contributed by atoms with van der Waals surface area (Å²) in [5.74, 6) is 1.01. The van der Waals surface area contributed by atoms with Crippen molar-refractivity contribution in [2.75, 3.05) is 0 Å². The molecule has 2 aromatic carbocycles. The molecule has 0 atom stereocenters. The van der Waals surface area contributed by atoms with Gasteiger partial charge in [-0.15, -0.1) is 0 Å². The van der Waals surface area contributed by atoms with Gasteiger partial charge in [-0.2, -0.15) is 0 Å². The summed E-state index contributed by atoms with van der Waals surface area (Å²) in [4.78, 5) is 7.69. The predicted octanol–water partition coefficient (Wildman–Crippen LogP) is 1.47. The van der Waals surface area contributed by atoms with E-state index in [2.05, 4.69) is 25.9 Å². The smallest absolute Gasteiger partial charge is 0.270 e. The van der Waals surface area contributed by atoms with Crippen molar-refractivity contribution in [3.8, 4) is 17.1 Å². The normalized spacial score (nSPS) is 11.0. The van der Waals surface area contributed by atoms with Gasteiger partial charge in [0.05, 0.1) is 26.6 Å². The molecule has 1 heterocycles. The Balaban J connectivity index is 2.20. The van der Waals surface area contributed by atoms with Crippen LogP contribution in [0.2, 0.25) is 0 Å². The highest BCUT2D eigenvalue weighted by Crippen LogP contribution is 2.36. The van der Waals surface area contributed by atoms with Gasteiger partial charge in [-0.3, -0.25) is 11.1 Å². The topological polar surface area (TPSA) is 101 Å². The molecule has 0 unspecified atom stereocenters. The summed E-state index contributed by atoms with van der Waals surface area (Å²) in [6.07, 6.45) is 0. The van der Waals surface area contributed by atoms with Crippen LogP contribution in [0.4, 0.5) is 0 Å². The van der Waals surface area contributed by atoms with Crippen molar-refractivity contribution in [2.45, 2.75) is 6.92 Å². The number of imidazole rings is 1. The number of halogens is 1. The fourth-order valence-corrected chi connectivity index (χ4v) is 2.81. The summed E-state index contributed by atoms with van der Waals surface area (Å²) in [6.45, 7) is 1.96. The Morgan fingerprint density at radius 3 is 2.81 bits per heavy atom. The summed E-state index contributed by atoms with van der Waals surface area (Å²) < 4.78 is 0.637. The number of aromatic nitrogens is 2. The lowest BCUT2D eigenvalue weighted by molar-refractivity contribution is -0.114. The largest absolute Gasteiger partial charge is 0.506 e. The zero-order chi connectivity index (χ0) is 15.1. The Kier molecular flexibility index (Phi) is 3.17. The first-order valence-electron chi connectivity index (χ1n) is 6.33. The fraction of sp³-hybridized carbons (Fsp3) is 0.0667. The lowest BCUT2D eigenvalue weighted by atomic mass is 10.1. The minimum atomic E-state index is 0.157. The van der Waals surface area contributed by atoms with Crippen molar-refractivity contribution in [3.63, 3.8) is 0 Å². The lowest BCUT2D eigenvalue weighted by Crippen LogP contribution is -2.46. The Morgan fingerprint density at radius 2 is 2.10 bits per heavy atom. The van der Waals surface area contributed by atoms with E-state index in [-0.39, 0.29) is 11.6 Å². The first-order valence-corrected chi connectivity index (χ1v) is 7.12. The number of hydrogen-bond acceptors (Lipinski definition) is 2. The molecule has 106 valence electrons. The lowest BCUT2D eigenvalue weighted by Gasteiger charge is -2.05. The second kappa shape index (κ2) is 4.89. The van der Waals surface area contributed by atoms with Gasteiger partial charge in [0, 0.05) is 0 Å². The van der Waals surface area contributed by atoms with Crippen molar-refractivity contribution in [2.24, 2.45) is 5.73 Å². The SMILES string of the molecule is Cc1cc(Br)c(O)c(-c2nc3ccc(C(N)=[NH2+])cc3[nH]2)c1. The number of nitrogens with two attached hydrogens (primary N) is 2. The number of aromatic amines is 1. The van der Waals surface area contributed by atoms with Gasteiger partial charge in [0.1, 0.15) is 11.6 Å². The van der Waals surface area contributed by atoms with Crippen LogP contribution >= 0.6 is 15.9 Å². The van der Waals surface area contributed by atoms with Gasteiger partial charge < -0.3 is 10.1 Å². The van der Waals surface area contributed by atoms with Crippen LogP contribution < -0.4 is 11.1 Å². The van der Waals surface area contributed by atoms with E-state index >= 15 is 0 Å². The van der Waals surface area contributed by atoms with Crippen LogP contribution in [0.5, 0.6) is 5.75 Å². The number of nitrogens with one attached hydrogen (secondary N) is 1. The van der Waals surface area contributed by atoms with Gasteiger partial charge in [-0.25, -0.2) is 4.98 Å². The predicted molar refractivity (Wildman–Crippen MR) is 85.9 cm³/mol. The van der Waals surface area contributed by atoms with Crippen molar-refractivity contribution in [1.82, 2.24) is 9.97 Å². The van der Waals surface area contributed by atoms with Crippen LogP contribution in [0.3, 0.4) is 0 Å².